The van der Waals surface area contributed by atoms with Crippen LogP contribution in [0.4, 0.5) is 0 Å². The molecule has 1 aliphatic rings. The number of amidine groups is 1. The smallest absolute Gasteiger partial charge is 0.846 e. The first kappa shape index (κ1) is 30.3. The van der Waals surface area contributed by atoms with Crippen LogP contribution in [0.15, 0.2) is 4.99 Å². The second kappa shape index (κ2) is 15.6. The first-order chi connectivity index (χ1) is 12.0. The number of nitrogens with one attached hydrogen (secondary N) is 1. The molecule has 0 fully saturated rings. The van der Waals surface area contributed by atoms with E-state index in [2.05, 4.69) is 15.0 Å². The number of aliphatic imine (C=N–C) groups is 1. The van der Waals surface area contributed by atoms with Crippen LogP contribution < -0.4 is 40.0 Å². The van der Waals surface area contributed by atoms with Crippen molar-refractivity contribution in [1.29, 1.82) is 0 Å². The molecule has 10 heteroatoms. The van der Waals surface area contributed by atoms with Crippen molar-refractivity contribution in [2.24, 2.45) is 16.3 Å². The molecule has 0 bridgehead atoms. The molecule has 1 aliphatic heterocycles. The number of esters is 1. The monoisotopic (exact) mass is 396 g/mol. The number of hydrogen-bond acceptors (Lipinski definition) is 6. The van der Waals surface area contributed by atoms with Crippen LogP contribution in [0.5, 0.6) is 0 Å². The van der Waals surface area contributed by atoms with Crippen LogP contribution in [0.1, 0.15) is 60.8 Å². The summed E-state index contributed by atoms with van der Waals surface area (Å²) in [6.07, 6.45) is 2.02. The molecular formula is C17H29N2NaO7. The molecule has 0 radical (unpaired) electrons. The van der Waals surface area contributed by atoms with Crippen molar-refractivity contribution in [3.63, 3.8) is 0 Å². The summed E-state index contributed by atoms with van der Waals surface area (Å²) in [7, 11) is 0. The van der Waals surface area contributed by atoms with E-state index >= 15 is 0 Å². The van der Waals surface area contributed by atoms with Crippen molar-refractivity contribution in [1.82, 2.24) is 5.32 Å². The second-order valence-corrected chi connectivity index (χ2v) is 5.63. The molecule has 2 atom stereocenters. The molecule has 0 spiro atoms. The molecule has 150 valence electrons. The number of rotatable bonds is 5. The molecule has 1 heterocycles. The quantitative estimate of drug-likeness (QED) is 0.306. The van der Waals surface area contributed by atoms with Crippen molar-refractivity contribution in [2.75, 3.05) is 6.61 Å². The largest absolute Gasteiger partial charge is 1.00 e. The molecule has 2 amide bonds. The van der Waals surface area contributed by atoms with Crippen LogP contribution in [-0.4, -0.2) is 41.5 Å². The Kier molecular flexibility index (Phi) is 17.5. The minimum atomic E-state index is -1.15. The number of nitrogens with zero attached hydrogens (tertiary/aromatic N) is 1. The van der Waals surface area contributed by atoms with Gasteiger partial charge in [-0.25, -0.2) is 4.99 Å². The molecule has 0 aromatic carbocycles. The van der Waals surface area contributed by atoms with Gasteiger partial charge >= 0.3 is 35.5 Å². The fourth-order valence-corrected chi connectivity index (χ4v) is 2.50. The van der Waals surface area contributed by atoms with E-state index in [0.717, 1.165) is 19.8 Å². The van der Waals surface area contributed by atoms with Crippen molar-refractivity contribution in [2.45, 2.75) is 60.8 Å². The molecule has 0 aliphatic carbocycles. The van der Waals surface area contributed by atoms with Crippen molar-refractivity contribution < 1.29 is 63.7 Å². The number of carboxylic acids is 1. The first-order valence-electron chi connectivity index (χ1n) is 8.43. The summed E-state index contributed by atoms with van der Waals surface area (Å²) >= 11 is 0. The molecule has 0 aromatic rings. The van der Waals surface area contributed by atoms with Gasteiger partial charge in [0.25, 0.3) is 11.9 Å². The van der Waals surface area contributed by atoms with Gasteiger partial charge in [-0.15, -0.1) is 0 Å². The molecular weight excluding hydrogens is 367 g/mol. The Morgan fingerprint density at radius 3 is 2.00 bits per heavy atom. The van der Waals surface area contributed by atoms with Crippen LogP contribution in [0, 0.1) is 11.3 Å². The summed E-state index contributed by atoms with van der Waals surface area (Å²) in [6, 6.07) is -0.845. The van der Waals surface area contributed by atoms with Gasteiger partial charge in [0.1, 0.15) is 5.41 Å². The summed E-state index contributed by atoms with van der Waals surface area (Å²) in [5.74, 6) is -2.24. The van der Waals surface area contributed by atoms with E-state index in [4.69, 9.17) is 9.90 Å². The van der Waals surface area contributed by atoms with Crippen molar-refractivity contribution >= 4 is 29.8 Å². The maximum absolute atomic E-state index is 11.9. The Labute approximate surface area is 182 Å². The maximum Gasteiger partial charge on any atom is 1.00 e. The van der Waals surface area contributed by atoms with Gasteiger partial charge in [-0.3, -0.25) is 19.2 Å². The van der Waals surface area contributed by atoms with Crippen LogP contribution in [0.25, 0.3) is 0 Å². The zero-order valence-electron chi connectivity index (χ0n) is 17.2. The number of carbonyl (C=O) groups is 4. The normalized spacial score (nSPS) is 18.8. The Hall–Kier alpha value is -1.45. The van der Waals surface area contributed by atoms with E-state index in [1.54, 1.807) is 13.8 Å². The molecule has 0 aromatic heterocycles. The molecule has 1 rings (SSSR count). The zero-order chi connectivity index (χ0) is 20.9. The minimum Gasteiger partial charge on any atom is -0.846 e. The fraction of sp³-hybridized carbons (Fsp3) is 0.706. The maximum atomic E-state index is 11.9. The zero-order valence-corrected chi connectivity index (χ0v) is 19.2. The summed E-state index contributed by atoms with van der Waals surface area (Å²) in [6.45, 7) is 10.4. The van der Waals surface area contributed by atoms with Crippen LogP contribution >= 0.6 is 0 Å². The van der Waals surface area contributed by atoms with E-state index < -0.39 is 29.2 Å². The number of hydrogen-bond donors (Lipinski definition) is 2. The first-order valence-corrected chi connectivity index (χ1v) is 8.43. The average molecular weight is 396 g/mol. The van der Waals surface area contributed by atoms with Crippen LogP contribution in [0.2, 0.25) is 0 Å². The Morgan fingerprint density at radius 2 is 1.74 bits per heavy atom. The number of ether oxygens (including phenoxy) is 1. The van der Waals surface area contributed by atoms with E-state index in [1.165, 1.54) is 6.92 Å². The number of carbonyl (C=O) groups excluding carboxylic acids is 3. The van der Waals surface area contributed by atoms with E-state index in [-0.39, 0.29) is 41.4 Å². The summed E-state index contributed by atoms with van der Waals surface area (Å²) in [5.41, 5.74) is -1.15. The van der Waals surface area contributed by atoms with Gasteiger partial charge in [0.2, 0.25) is 5.91 Å². The van der Waals surface area contributed by atoms with Gasteiger partial charge in [-0.2, -0.15) is 0 Å². The van der Waals surface area contributed by atoms with Crippen molar-refractivity contribution in [3.05, 3.63) is 0 Å². The Bertz CT molecular complexity index is 533. The van der Waals surface area contributed by atoms with E-state index in [0.29, 0.717) is 13.0 Å². The fourth-order valence-electron chi connectivity index (χ4n) is 2.50. The standard InChI is InChI=1S/C11H18N2O3.C4H8O2.C2H4O2.Na/c1-4-6-7(3)11(5-2)8(14)12-10(16)13-9(11)15;1-3-6-4(2)5;1-2(3)4;/h7H,4-6H2,1-3H3,(H2,12,13,14,15,16);3H2,1-2H3;1H3,(H,3,4);/q;;;+1/p-1. The van der Waals surface area contributed by atoms with Gasteiger partial charge in [-0.05, 0) is 25.7 Å². The molecule has 27 heavy (non-hydrogen) atoms. The molecule has 2 N–H and O–H groups in total. The molecule has 9 nitrogen and oxygen atoms in total. The second-order valence-electron chi connectivity index (χ2n) is 5.63. The third-order valence-electron chi connectivity index (χ3n) is 3.68. The third kappa shape index (κ3) is 11.1. The van der Waals surface area contributed by atoms with Crippen LogP contribution in [-0.2, 0) is 23.9 Å². The average Bonchev–Trinajstić information content (AvgIpc) is 2.47. The molecule has 0 saturated carbocycles. The Morgan fingerprint density at radius 1 is 1.26 bits per heavy atom. The predicted molar refractivity (Wildman–Crippen MR) is 93.0 cm³/mol. The van der Waals surface area contributed by atoms with Crippen molar-refractivity contribution in [3.8, 4) is 0 Å². The van der Waals surface area contributed by atoms with Gasteiger partial charge < -0.3 is 20.3 Å². The summed E-state index contributed by atoms with van der Waals surface area (Å²) in [4.78, 5) is 45.9. The summed E-state index contributed by atoms with van der Waals surface area (Å²) < 4.78 is 4.40. The summed E-state index contributed by atoms with van der Waals surface area (Å²) in [5, 5.41) is 20.5. The number of carboxylic acid groups (broad SMARTS) is 1. The van der Waals surface area contributed by atoms with Gasteiger partial charge in [0.05, 0.1) is 12.6 Å². The molecule has 2 unspecified atom stereocenters. The topological polar surface area (TPSA) is 145 Å². The Balaban J connectivity index is -0.000000438. The molecule has 0 saturated heterocycles. The van der Waals surface area contributed by atoms with E-state index in [9.17, 15) is 19.5 Å². The van der Waals surface area contributed by atoms with Gasteiger partial charge in [0.15, 0.2) is 0 Å². The van der Waals surface area contributed by atoms with Gasteiger partial charge in [-0.1, -0.05) is 27.2 Å². The van der Waals surface area contributed by atoms with Gasteiger partial charge in [0, 0.05) is 13.8 Å². The third-order valence-corrected chi connectivity index (χ3v) is 3.68. The van der Waals surface area contributed by atoms with Crippen LogP contribution in [0.3, 0.4) is 0 Å². The number of amides is 2. The minimum absolute atomic E-state index is 0. The van der Waals surface area contributed by atoms with E-state index in [1.807, 2.05) is 13.8 Å². The number of aliphatic carboxylic acids is 1. The SMILES string of the molecule is CC(=O)O.CCCC(C)C1(CC)C(=O)N=C([O-])NC1=O.CCOC(C)=O.[Na+]. The predicted octanol–water partition coefficient (Wildman–Crippen LogP) is -2.14.